The number of hydrogen-bond acceptors (Lipinski definition) is 4. The molecule has 4 atom stereocenters. The molecule has 2 nitrogen and oxygen atoms in total. The number of thioether (sulfide) groups is 1. The molecule has 0 radical (unpaired) electrons. The second-order valence-electron chi connectivity index (χ2n) is 7.14. The molecule has 0 amide bonds. The minimum atomic E-state index is -0.142. The summed E-state index contributed by atoms with van der Waals surface area (Å²) in [5.41, 5.74) is 3.08. The van der Waals surface area contributed by atoms with Crippen LogP contribution in [0.4, 0.5) is 0 Å². The monoisotopic (exact) mass is 332 g/mol. The van der Waals surface area contributed by atoms with Crippen molar-refractivity contribution in [1.82, 2.24) is 4.90 Å². The van der Waals surface area contributed by atoms with E-state index in [0.717, 1.165) is 18.1 Å². The van der Waals surface area contributed by atoms with Gasteiger partial charge in [0.1, 0.15) is 4.87 Å². The predicted octanol–water partition coefficient (Wildman–Crippen LogP) is 2.29. The second kappa shape index (κ2) is 5.29. The molecule has 118 valence electrons. The van der Waals surface area contributed by atoms with Gasteiger partial charge >= 0.3 is 0 Å². The second-order valence-corrected chi connectivity index (χ2v) is 8.54. The van der Waals surface area contributed by atoms with Crippen LogP contribution in [0.1, 0.15) is 31.2 Å². The van der Waals surface area contributed by atoms with Gasteiger partial charge in [0, 0.05) is 29.5 Å². The maximum atomic E-state index is 5.11. The van der Waals surface area contributed by atoms with Crippen LogP contribution in [0.3, 0.4) is 0 Å². The van der Waals surface area contributed by atoms with E-state index >= 15 is 0 Å². The first-order valence-electron chi connectivity index (χ1n) is 8.18. The van der Waals surface area contributed by atoms with E-state index in [0.29, 0.717) is 12.0 Å². The Morgan fingerprint density at radius 2 is 2.27 bits per heavy atom. The van der Waals surface area contributed by atoms with Crippen LogP contribution in [-0.2, 0) is 0 Å². The molecule has 4 rings (SSSR count). The van der Waals surface area contributed by atoms with Gasteiger partial charge in [0.15, 0.2) is 0 Å². The number of hydrogen-bond donors (Lipinski definition) is 1. The number of rotatable bonds is 2. The van der Waals surface area contributed by atoms with Gasteiger partial charge in [-0.25, -0.2) is 0 Å². The maximum Gasteiger partial charge on any atom is 0.137 e. The first-order valence-corrected chi connectivity index (χ1v) is 10.0. The van der Waals surface area contributed by atoms with Gasteiger partial charge in [-0.1, -0.05) is 19.1 Å². The number of thiol groups is 1. The largest absolute Gasteiger partial charge is 0.302 e. The third-order valence-electron chi connectivity index (χ3n) is 5.80. The van der Waals surface area contributed by atoms with E-state index in [1.165, 1.54) is 29.1 Å². The highest BCUT2D eigenvalue weighted by Crippen LogP contribution is 2.46. The molecule has 4 heteroatoms. The Bertz CT molecular complexity index is 723. The van der Waals surface area contributed by atoms with Crippen LogP contribution >= 0.6 is 24.4 Å². The number of likely N-dealkylation sites (N-methyl/N-ethyl adjacent to an activating group) is 1. The zero-order valence-electron chi connectivity index (χ0n) is 13.5. The van der Waals surface area contributed by atoms with Crippen LogP contribution in [0.2, 0.25) is 0 Å². The summed E-state index contributed by atoms with van der Waals surface area (Å²) in [5, 5.41) is 2.67. The van der Waals surface area contributed by atoms with E-state index in [-0.39, 0.29) is 4.87 Å². The van der Waals surface area contributed by atoms with Gasteiger partial charge in [0.25, 0.3) is 0 Å². The van der Waals surface area contributed by atoms with E-state index in [9.17, 15) is 0 Å². The molecule has 0 spiro atoms. The molecule has 22 heavy (non-hydrogen) atoms. The highest BCUT2D eigenvalue weighted by atomic mass is 32.2. The van der Waals surface area contributed by atoms with Crippen molar-refractivity contribution in [3.05, 3.63) is 34.3 Å². The molecule has 0 saturated carbocycles. The Hall–Kier alpha value is -0.450. The van der Waals surface area contributed by atoms with E-state index in [2.05, 4.69) is 56.0 Å². The van der Waals surface area contributed by atoms with Crippen molar-refractivity contribution in [1.29, 1.82) is 0 Å². The lowest BCUT2D eigenvalue weighted by molar-refractivity contribution is 0.120. The number of fused-ring (bicyclic) bond motifs is 2. The topological polar surface area (TPSA) is 15.6 Å². The van der Waals surface area contributed by atoms with Crippen molar-refractivity contribution in [3.63, 3.8) is 0 Å². The van der Waals surface area contributed by atoms with Crippen LogP contribution in [0.5, 0.6) is 0 Å². The fourth-order valence-electron chi connectivity index (χ4n) is 4.81. The number of benzene rings is 1. The van der Waals surface area contributed by atoms with Gasteiger partial charge in [-0.05, 0) is 49.3 Å². The SMILES string of the molecule is CSC1(CS)N=c2cccc3c2=C1C[C@@H]1C3CC(C)CN1C. The lowest BCUT2D eigenvalue weighted by Crippen LogP contribution is -2.51. The van der Waals surface area contributed by atoms with Gasteiger partial charge in [-0.2, -0.15) is 12.6 Å². The first kappa shape index (κ1) is 15.1. The lowest BCUT2D eigenvalue weighted by Gasteiger charge is -2.46. The van der Waals surface area contributed by atoms with Crippen molar-refractivity contribution in [2.24, 2.45) is 10.9 Å². The molecule has 0 bridgehead atoms. The number of nitrogens with zero attached hydrogens (tertiary/aromatic N) is 2. The number of piperidine rings is 1. The minimum absolute atomic E-state index is 0.142. The van der Waals surface area contributed by atoms with Gasteiger partial charge in [0.05, 0.1) is 5.36 Å². The number of likely N-dealkylation sites (tertiary alicyclic amines) is 1. The minimum Gasteiger partial charge on any atom is -0.302 e. The maximum absolute atomic E-state index is 5.11. The fraction of sp³-hybridized carbons (Fsp3) is 0.611. The average molecular weight is 333 g/mol. The van der Waals surface area contributed by atoms with E-state index < -0.39 is 0 Å². The fourth-order valence-corrected chi connectivity index (χ4v) is 6.21. The van der Waals surface area contributed by atoms with E-state index in [4.69, 9.17) is 4.99 Å². The van der Waals surface area contributed by atoms with Crippen LogP contribution in [0, 0.1) is 5.92 Å². The van der Waals surface area contributed by atoms with Crippen molar-refractivity contribution >= 4 is 30.0 Å². The summed E-state index contributed by atoms with van der Waals surface area (Å²) in [6, 6.07) is 7.38. The molecule has 1 aromatic rings. The third-order valence-corrected chi connectivity index (χ3v) is 7.63. The summed E-state index contributed by atoms with van der Waals surface area (Å²) in [6.07, 6.45) is 4.64. The quantitative estimate of drug-likeness (QED) is 0.836. The van der Waals surface area contributed by atoms with Crippen LogP contribution < -0.4 is 10.6 Å². The summed E-state index contributed by atoms with van der Waals surface area (Å²) in [7, 11) is 2.30. The Balaban J connectivity index is 1.96. The molecule has 1 aliphatic carbocycles. The van der Waals surface area contributed by atoms with Crippen LogP contribution in [0.15, 0.2) is 23.2 Å². The lowest BCUT2D eigenvalue weighted by atomic mass is 9.72. The van der Waals surface area contributed by atoms with E-state index in [1.54, 1.807) is 5.56 Å². The van der Waals surface area contributed by atoms with Crippen molar-refractivity contribution in [2.45, 2.75) is 36.6 Å². The molecular weight excluding hydrogens is 308 g/mol. The van der Waals surface area contributed by atoms with Gasteiger partial charge < -0.3 is 4.90 Å². The molecule has 0 N–H and O–H groups in total. The predicted molar refractivity (Wildman–Crippen MR) is 98.3 cm³/mol. The summed E-state index contributed by atoms with van der Waals surface area (Å²) in [6.45, 7) is 3.60. The first-order chi connectivity index (χ1) is 10.6. The summed E-state index contributed by atoms with van der Waals surface area (Å²) in [4.78, 5) is 7.55. The Kier molecular flexibility index (Phi) is 3.63. The van der Waals surface area contributed by atoms with Crippen molar-refractivity contribution in [3.8, 4) is 0 Å². The zero-order chi connectivity index (χ0) is 15.5. The highest BCUT2D eigenvalue weighted by molar-refractivity contribution is 8.01. The van der Waals surface area contributed by atoms with E-state index in [1.807, 2.05) is 11.8 Å². The molecule has 3 aliphatic rings. The molecule has 2 heterocycles. The molecule has 0 aromatic heterocycles. The Labute approximate surface area is 142 Å². The summed E-state index contributed by atoms with van der Waals surface area (Å²) >= 11 is 6.52. The molecule has 2 aliphatic heterocycles. The Morgan fingerprint density at radius 3 is 3.00 bits per heavy atom. The summed E-state index contributed by atoms with van der Waals surface area (Å²) < 4.78 is 0. The normalized spacial score (nSPS) is 36.7. The van der Waals surface area contributed by atoms with Crippen molar-refractivity contribution in [2.75, 3.05) is 25.6 Å². The molecule has 1 aromatic carbocycles. The standard InChI is InChI=1S/C18H24N2S2/c1-11-7-13-12-5-4-6-15-17(12)14(8-16(13)20(2)9-11)18(10-21,19-15)22-3/h4-6,11,13,16,21H,7-10H2,1-3H3/t11?,13?,16-,18?/m1/s1. The zero-order valence-corrected chi connectivity index (χ0v) is 15.3. The van der Waals surface area contributed by atoms with Gasteiger partial charge in [0.2, 0.25) is 0 Å². The Morgan fingerprint density at radius 1 is 1.45 bits per heavy atom. The molecule has 1 fully saturated rings. The molecule has 3 unspecified atom stereocenters. The van der Waals surface area contributed by atoms with Gasteiger partial charge in [-0.3, -0.25) is 4.99 Å². The molecular formula is C18H24N2S2. The summed E-state index contributed by atoms with van der Waals surface area (Å²) in [5.74, 6) is 2.23. The highest BCUT2D eigenvalue weighted by Gasteiger charge is 2.45. The van der Waals surface area contributed by atoms with Crippen LogP contribution in [0.25, 0.3) is 5.57 Å². The third kappa shape index (κ3) is 1.96. The molecule has 1 saturated heterocycles. The van der Waals surface area contributed by atoms with Crippen molar-refractivity contribution < 1.29 is 0 Å². The van der Waals surface area contributed by atoms with Gasteiger partial charge in [-0.15, -0.1) is 11.8 Å². The smallest absolute Gasteiger partial charge is 0.137 e. The van der Waals surface area contributed by atoms with Crippen LogP contribution in [-0.4, -0.2) is 41.4 Å². The average Bonchev–Trinajstić information content (AvgIpc) is 2.84.